The first-order chi connectivity index (χ1) is 8.99. The van der Waals surface area contributed by atoms with Gasteiger partial charge in [-0.15, -0.1) is 12.4 Å². The van der Waals surface area contributed by atoms with E-state index in [1.165, 1.54) is 32.1 Å². The van der Waals surface area contributed by atoms with Gasteiger partial charge in [-0.05, 0) is 50.4 Å². The van der Waals surface area contributed by atoms with E-state index >= 15 is 0 Å². The van der Waals surface area contributed by atoms with Gasteiger partial charge in [0.25, 0.3) is 0 Å². The molecule has 5 unspecified atom stereocenters. The van der Waals surface area contributed by atoms with Crippen LogP contribution in [0.5, 0.6) is 0 Å². The molecule has 0 aromatic carbocycles. The predicted octanol–water partition coefficient (Wildman–Crippen LogP) is 3.11. The van der Waals surface area contributed by atoms with Gasteiger partial charge in [-0.25, -0.2) is 0 Å². The van der Waals surface area contributed by atoms with Crippen LogP contribution < -0.4 is 11.1 Å². The van der Waals surface area contributed by atoms with Crippen molar-refractivity contribution in [3.05, 3.63) is 0 Å². The average Bonchev–Trinajstić information content (AvgIpc) is 2.88. The molecule has 3 nitrogen and oxygen atoms in total. The van der Waals surface area contributed by atoms with Crippen LogP contribution in [-0.2, 0) is 4.79 Å². The maximum atomic E-state index is 12.4. The Morgan fingerprint density at radius 1 is 1.20 bits per heavy atom. The maximum absolute atomic E-state index is 12.4. The monoisotopic (exact) mass is 302 g/mol. The third kappa shape index (κ3) is 4.11. The molecule has 0 aromatic rings. The van der Waals surface area contributed by atoms with Crippen molar-refractivity contribution in [1.82, 2.24) is 5.32 Å². The summed E-state index contributed by atoms with van der Waals surface area (Å²) in [6.07, 6.45) is 7.15. The van der Waals surface area contributed by atoms with Crippen LogP contribution in [0.3, 0.4) is 0 Å². The van der Waals surface area contributed by atoms with Crippen molar-refractivity contribution in [3.63, 3.8) is 0 Å². The number of hydrogen-bond donors (Lipinski definition) is 2. The summed E-state index contributed by atoms with van der Waals surface area (Å²) in [5.41, 5.74) is 6.22. The van der Waals surface area contributed by atoms with Gasteiger partial charge in [-0.3, -0.25) is 4.79 Å². The fourth-order valence-electron chi connectivity index (χ4n) is 3.97. The molecule has 2 aliphatic carbocycles. The van der Waals surface area contributed by atoms with E-state index in [1.54, 1.807) is 0 Å². The molecule has 4 heteroatoms. The molecule has 2 aliphatic rings. The van der Waals surface area contributed by atoms with Crippen molar-refractivity contribution in [3.8, 4) is 0 Å². The number of amides is 1. The number of rotatable bonds is 6. The van der Waals surface area contributed by atoms with E-state index in [0.717, 1.165) is 12.3 Å². The van der Waals surface area contributed by atoms with Gasteiger partial charge in [0.15, 0.2) is 0 Å². The van der Waals surface area contributed by atoms with Crippen LogP contribution in [0.1, 0.15) is 59.3 Å². The van der Waals surface area contributed by atoms with Gasteiger partial charge in [-0.1, -0.05) is 26.7 Å². The first kappa shape index (κ1) is 17.8. The highest BCUT2D eigenvalue weighted by atomic mass is 35.5. The first-order valence-electron chi connectivity index (χ1n) is 8.05. The minimum atomic E-state index is 0. The lowest BCUT2D eigenvalue weighted by Gasteiger charge is -2.28. The minimum Gasteiger partial charge on any atom is -0.353 e. The van der Waals surface area contributed by atoms with E-state index in [9.17, 15) is 4.79 Å². The van der Waals surface area contributed by atoms with Crippen LogP contribution >= 0.6 is 12.4 Å². The molecule has 0 radical (unpaired) electrons. The molecular weight excluding hydrogens is 272 g/mol. The van der Waals surface area contributed by atoms with Crippen molar-refractivity contribution in [2.75, 3.05) is 0 Å². The number of nitrogens with one attached hydrogen (secondary N) is 1. The number of halogens is 1. The number of fused-ring (bicyclic) bond motifs is 2. The average molecular weight is 303 g/mol. The Labute approximate surface area is 129 Å². The lowest BCUT2D eigenvalue weighted by Crippen LogP contribution is -2.47. The highest BCUT2D eigenvalue weighted by Crippen LogP contribution is 2.47. The highest BCUT2D eigenvalue weighted by Gasteiger charge is 2.49. The van der Waals surface area contributed by atoms with Crippen molar-refractivity contribution in [2.45, 2.75) is 71.4 Å². The van der Waals surface area contributed by atoms with E-state index in [4.69, 9.17) is 5.73 Å². The number of hydrogen-bond acceptors (Lipinski definition) is 2. The van der Waals surface area contributed by atoms with Gasteiger partial charge in [-0.2, -0.15) is 0 Å². The van der Waals surface area contributed by atoms with Crippen LogP contribution in [0.15, 0.2) is 0 Å². The minimum absolute atomic E-state index is 0. The molecule has 2 bridgehead atoms. The molecule has 5 atom stereocenters. The Morgan fingerprint density at radius 3 is 2.40 bits per heavy atom. The van der Waals surface area contributed by atoms with Crippen LogP contribution in [0.4, 0.5) is 0 Å². The van der Waals surface area contributed by atoms with Crippen molar-refractivity contribution in [2.24, 2.45) is 29.4 Å². The third-order valence-electron chi connectivity index (χ3n) is 5.09. The SMILES string of the molecule is CC(C)CCCC(C)NC(=O)C1C2CCC(C2)C1N.Cl. The molecule has 3 N–H and O–H groups in total. The van der Waals surface area contributed by atoms with Crippen LogP contribution in [0.25, 0.3) is 0 Å². The molecule has 2 rings (SSSR count). The Balaban J connectivity index is 0.00000200. The summed E-state index contributed by atoms with van der Waals surface area (Å²) < 4.78 is 0. The maximum Gasteiger partial charge on any atom is 0.225 e. The Hall–Kier alpha value is -0.280. The highest BCUT2D eigenvalue weighted by molar-refractivity contribution is 5.85. The summed E-state index contributed by atoms with van der Waals surface area (Å²) in [6.45, 7) is 6.62. The Bertz CT molecular complexity index is 320. The lowest BCUT2D eigenvalue weighted by molar-refractivity contribution is -0.127. The Morgan fingerprint density at radius 2 is 1.85 bits per heavy atom. The second kappa shape index (κ2) is 7.65. The molecule has 0 spiro atoms. The van der Waals surface area contributed by atoms with E-state index in [0.29, 0.717) is 11.8 Å². The smallest absolute Gasteiger partial charge is 0.225 e. The molecule has 2 saturated carbocycles. The fourth-order valence-corrected chi connectivity index (χ4v) is 3.97. The van der Waals surface area contributed by atoms with Gasteiger partial charge < -0.3 is 11.1 Å². The zero-order valence-corrected chi connectivity index (χ0v) is 13.9. The van der Waals surface area contributed by atoms with E-state index in [-0.39, 0.29) is 36.3 Å². The van der Waals surface area contributed by atoms with E-state index < -0.39 is 0 Å². The second-order valence-corrected chi connectivity index (χ2v) is 7.17. The predicted molar refractivity (Wildman–Crippen MR) is 85.8 cm³/mol. The standard InChI is InChI=1S/C16H30N2O.ClH/c1-10(2)5-4-6-11(3)18-16(19)14-12-7-8-13(9-12)15(14)17;/h10-15H,4-9,17H2,1-3H3,(H,18,19);1H. The molecule has 1 amide bonds. The van der Waals surface area contributed by atoms with Crippen molar-refractivity contribution in [1.29, 1.82) is 0 Å². The molecule has 0 heterocycles. The molecule has 0 aromatic heterocycles. The third-order valence-corrected chi connectivity index (χ3v) is 5.09. The summed E-state index contributed by atoms with van der Waals surface area (Å²) in [6, 6.07) is 0.402. The second-order valence-electron chi connectivity index (χ2n) is 7.17. The number of nitrogens with two attached hydrogens (primary N) is 1. The van der Waals surface area contributed by atoms with Gasteiger partial charge in [0.05, 0.1) is 5.92 Å². The normalized spacial score (nSPS) is 33.0. The van der Waals surface area contributed by atoms with Crippen LogP contribution in [-0.4, -0.2) is 18.0 Å². The van der Waals surface area contributed by atoms with Crippen molar-refractivity contribution < 1.29 is 4.79 Å². The van der Waals surface area contributed by atoms with Gasteiger partial charge in [0.1, 0.15) is 0 Å². The summed E-state index contributed by atoms with van der Waals surface area (Å²) >= 11 is 0. The molecule has 118 valence electrons. The summed E-state index contributed by atoms with van der Waals surface area (Å²) in [5.74, 6) is 2.23. The van der Waals surface area contributed by atoms with Gasteiger partial charge in [0.2, 0.25) is 5.91 Å². The summed E-state index contributed by atoms with van der Waals surface area (Å²) in [7, 11) is 0. The summed E-state index contributed by atoms with van der Waals surface area (Å²) in [4.78, 5) is 12.4. The molecule has 0 aliphatic heterocycles. The van der Waals surface area contributed by atoms with Gasteiger partial charge >= 0.3 is 0 Å². The summed E-state index contributed by atoms with van der Waals surface area (Å²) in [5, 5.41) is 3.19. The topological polar surface area (TPSA) is 55.1 Å². The fraction of sp³-hybridized carbons (Fsp3) is 0.938. The zero-order valence-electron chi connectivity index (χ0n) is 13.1. The largest absolute Gasteiger partial charge is 0.353 e. The van der Waals surface area contributed by atoms with E-state index in [1.807, 2.05) is 0 Å². The first-order valence-corrected chi connectivity index (χ1v) is 8.05. The lowest BCUT2D eigenvalue weighted by atomic mass is 9.84. The Kier molecular flexibility index (Phi) is 6.80. The van der Waals surface area contributed by atoms with Gasteiger partial charge in [0, 0.05) is 12.1 Å². The van der Waals surface area contributed by atoms with Crippen molar-refractivity contribution >= 4 is 18.3 Å². The quantitative estimate of drug-likeness (QED) is 0.792. The van der Waals surface area contributed by atoms with E-state index in [2.05, 4.69) is 26.1 Å². The molecule has 20 heavy (non-hydrogen) atoms. The molecule has 0 saturated heterocycles. The number of carbonyl (C=O) groups is 1. The molecule has 2 fully saturated rings. The van der Waals surface area contributed by atoms with Crippen LogP contribution in [0.2, 0.25) is 0 Å². The molecular formula is C16H31ClN2O. The number of carbonyl (C=O) groups excluding carboxylic acids is 1. The van der Waals surface area contributed by atoms with Crippen LogP contribution in [0, 0.1) is 23.7 Å². The zero-order chi connectivity index (χ0) is 14.0.